The maximum absolute atomic E-state index is 14.3. The molecule has 2 aliphatic carbocycles. The first-order valence-electron chi connectivity index (χ1n) is 16.6. The lowest BCUT2D eigenvalue weighted by Crippen LogP contribution is -2.44. The van der Waals surface area contributed by atoms with Crippen LogP contribution in [0.1, 0.15) is 76.0 Å². The highest BCUT2D eigenvalue weighted by atomic mass is 127. The molecule has 256 valence electrons. The van der Waals surface area contributed by atoms with Crippen LogP contribution < -0.4 is 14.8 Å². The van der Waals surface area contributed by atoms with Crippen molar-refractivity contribution in [3.8, 4) is 11.5 Å². The van der Waals surface area contributed by atoms with E-state index in [0.29, 0.717) is 56.3 Å². The van der Waals surface area contributed by atoms with Crippen LogP contribution >= 0.6 is 34.2 Å². The van der Waals surface area contributed by atoms with Crippen LogP contribution in [-0.4, -0.2) is 36.1 Å². The highest BCUT2D eigenvalue weighted by Crippen LogP contribution is 2.55. The molecule has 1 aliphatic heterocycles. The molecule has 1 heterocycles. The number of benzene rings is 3. The monoisotopic (exact) mass is 792 g/mol. The molecule has 49 heavy (non-hydrogen) atoms. The van der Waals surface area contributed by atoms with Gasteiger partial charge in [0.1, 0.15) is 0 Å². The molecular weight excluding hydrogens is 751 g/mol. The molecule has 0 fully saturated rings. The third kappa shape index (κ3) is 7.31. The molecule has 0 saturated heterocycles. The second kappa shape index (κ2) is 13.6. The number of methoxy groups -OCH3 is 1. The molecule has 3 aromatic carbocycles. The minimum absolute atomic E-state index is 0.0701. The number of allylic oxidation sites excluding steroid dienone is 4. The molecule has 0 radical (unpaired) electrons. The van der Waals surface area contributed by atoms with Gasteiger partial charge in [0.15, 0.2) is 29.7 Å². The lowest BCUT2D eigenvalue weighted by molar-refractivity contribution is -0.120. The lowest BCUT2D eigenvalue weighted by atomic mass is 9.63. The Morgan fingerprint density at radius 1 is 0.918 bits per heavy atom. The zero-order valence-corrected chi connectivity index (χ0v) is 31.8. The summed E-state index contributed by atoms with van der Waals surface area (Å²) in [6, 6.07) is 19.4. The van der Waals surface area contributed by atoms with Gasteiger partial charge in [0, 0.05) is 58.6 Å². The zero-order chi connectivity index (χ0) is 35.2. The number of ketones is 2. The van der Waals surface area contributed by atoms with Crippen LogP contribution in [0.25, 0.3) is 0 Å². The molecule has 0 atom stereocenters. The molecule has 1 amide bonds. The van der Waals surface area contributed by atoms with E-state index in [1.165, 1.54) is 0 Å². The summed E-state index contributed by atoms with van der Waals surface area (Å²) >= 11 is 8.41. The Bertz CT molecular complexity index is 1860. The second-order valence-corrected chi connectivity index (χ2v) is 16.5. The Labute approximate surface area is 307 Å². The largest absolute Gasteiger partial charge is 0.493 e. The molecule has 9 heteroatoms. The number of amides is 1. The van der Waals surface area contributed by atoms with Gasteiger partial charge in [-0.2, -0.15) is 0 Å². The van der Waals surface area contributed by atoms with Crippen molar-refractivity contribution in [2.24, 2.45) is 10.8 Å². The Morgan fingerprint density at radius 3 is 2.10 bits per heavy atom. The third-order valence-corrected chi connectivity index (χ3v) is 10.8. The van der Waals surface area contributed by atoms with Gasteiger partial charge in [0.05, 0.1) is 10.7 Å². The summed E-state index contributed by atoms with van der Waals surface area (Å²) in [5.41, 5.74) is 6.36. The first-order valence-corrected chi connectivity index (χ1v) is 18.0. The fourth-order valence-corrected chi connectivity index (χ4v) is 8.35. The van der Waals surface area contributed by atoms with Crippen molar-refractivity contribution in [3.63, 3.8) is 0 Å². The Balaban J connectivity index is 1.41. The molecule has 7 nitrogen and oxygen atoms in total. The number of hydrogen-bond acceptors (Lipinski definition) is 6. The number of anilines is 1. The van der Waals surface area contributed by atoms with Crippen molar-refractivity contribution in [1.82, 2.24) is 4.90 Å². The smallest absolute Gasteiger partial charge is 0.262 e. The minimum Gasteiger partial charge on any atom is -0.493 e. The predicted octanol–water partition coefficient (Wildman–Crippen LogP) is 9.16. The first kappa shape index (κ1) is 35.2. The normalized spacial score (nSPS) is 18.7. The van der Waals surface area contributed by atoms with Gasteiger partial charge in [-0.05, 0) is 94.1 Å². The Hall–Kier alpha value is -3.63. The number of halogens is 2. The number of ether oxygens (including phenoxy) is 2. The van der Waals surface area contributed by atoms with E-state index >= 15 is 0 Å². The summed E-state index contributed by atoms with van der Waals surface area (Å²) in [5, 5.41) is 3.39. The quantitative estimate of drug-likeness (QED) is 0.229. The van der Waals surface area contributed by atoms with Crippen LogP contribution in [0.15, 0.2) is 83.2 Å². The van der Waals surface area contributed by atoms with Crippen LogP contribution in [0, 0.1) is 21.3 Å². The summed E-state index contributed by atoms with van der Waals surface area (Å²) in [4.78, 5) is 43.7. The number of hydrogen-bond donors (Lipinski definition) is 1. The Kier molecular flexibility index (Phi) is 9.76. The van der Waals surface area contributed by atoms with Gasteiger partial charge in [-0.3, -0.25) is 14.4 Å². The third-order valence-electron chi connectivity index (χ3n) is 9.59. The zero-order valence-electron chi connectivity index (χ0n) is 28.8. The van der Waals surface area contributed by atoms with Crippen LogP contribution in [0.2, 0.25) is 5.02 Å². The molecule has 0 saturated carbocycles. The van der Waals surface area contributed by atoms with Crippen LogP contribution in [0.3, 0.4) is 0 Å². The van der Waals surface area contributed by atoms with E-state index in [9.17, 15) is 14.4 Å². The van der Waals surface area contributed by atoms with E-state index in [4.69, 9.17) is 21.1 Å². The van der Waals surface area contributed by atoms with Crippen molar-refractivity contribution < 1.29 is 23.9 Å². The van der Waals surface area contributed by atoms with Gasteiger partial charge in [0.2, 0.25) is 0 Å². The van der Waals surface area contributed by atoms with E-state index in [1.807, 2.05) is 43.3 Å². The number of rotatable bonds is 8. The fourth-order valence-electron chi connectivity index (χ4n) is 7.39. The van der Waals surface area contributed by atoms with E-state index in [1.54, 1.807) is 19.2 Å². The highest BCUT2D eigenvalue weighted by Gasteiger charge is 2.49. The molecule has 6 rings (SSSR count). The second-order valence-electron chi connectivity index (χ2n) is 14.9. The number of nitrogens with one attached hydrogen (secondary N) is 1. The maximum atomic E-state index is 14.3. The van der Waals surface area contributed by atoms with Gasteiger partial charge in [-0.15, -0.1) is 0 Å². The molecule has 3 aliphatic rings. The van der Waals surface area contributed by atoms with Crippen LogP contribution in [-0.2, 0) is 20.9 Å². The Morgan fingerprint density at radius 2 is 1.53 bits per heavy atom. The van der Waals surface area contributed by atoms with E-state index in [-0.39, 0.29) is 34.9 Å². The molecular formula is C40H42ClIN2O5. The van der Waals surface area contributed by atoms with Crippen molar-refractivity contribution in [3.05, 3.63) is 108 Å². The summed E-state index contributed by atoms with van der Waals surface area (Å²) in [6.07, 6.45) is 2.25. The van der Waals surface area contributed by atoms with Crippen molar-refractivity contribution in [2.45, 2.75) is 72.8 Å². The van der Waals surface area contributed by atoms with Gasteiger partial charge in [-0.25, -0.2) is 0 Å². The number of carbonyl (C=O) groups is 3. The number of Topliss-reactive ketones (excluding diaryl/α,β-unsaturated/α-hetero) is 2. The number of nitrogens with zero attached hydrogens (tertiary/aromatic N) is 1. The molecule has 0 spiro atoms. The average molecular weight is 793 g/mol. The molecule has 3 aromatic rings. The van der Waals surface area contributed by atoms with E-state index in [0.717, 1.165) is 40.9 Å². The number of aryl methyl sites for hydroxylation is 1. The average Bonchev–Trinajstić information content (AvgIpc) is 3.02. The molecule has 0 aromatic heterocycles. The van der Waals surface area contributed by atoms with Crippen molar-refractivity contribution >= 4 is 57.4 Å². The standard InChI is InChI=1S/C40H42ClIN2O5/c1-23-12-13-26(16-27(23)41)43-34(47)22-49-38-28(42)14-25(15-33(38)48-6)35-36-29(17-39(2,3)19-31(36)45)44(21-24-10-8-7-9-11-24)30-18-40(4,5)20-32(46)37(30)35/h7-16,35H,17-22H2,1-6H3,(H,43,47). The number of carbonyl (C=O) groups excluding carboxylic acids is 3. The van der Waals surface area contributed by atoms with Crippen molar-refractivity contribution in [1.29, 1.82) is 0 Å². The summed E-state index contributed by atoms with van der Waals surface area (Å²) < 4.78 is 12.6. The predicted molar refractivity (Wildman–Crippen MR) is 201 cm³/mol. The molecule has 1 N–H and O–H groups in total. The topological polar surface area (TPSA) is 84.9 Å². The fraction of sp³-hybridized carbons (Fsp3) is 0.375. The van der Waals surface area contributed by atoms with E-state index < -0.39 is 5.92 Å². The first-order chi connectivity index (χ1) is 23.2. The minimum atomic E-state index is -0.532. The highest BCUT2D eigenvalue weighted by molar-refractivity contribution is 14.1. The van der Waals surface area contributed by atoms with Gasteiger partial charge in [0.25, 0.3) is 5.91 Å². The van der Waals surface area contributed by atoms with Gasteiger partial charge in [-0.1, -0.05) is 75.7 Å². The molecule has 0 unspecified atom stereocenters. The van der Waals surface area contributed by atoms with Crippen molar-refractivity contribution in [2.75, 3.05) is 19.0 Å². The van der Waals surface area contributed by atoms with Gasteiger partial charge < -0.3 is 19.7 Å². The van der Waals surface area contributed by atoms with E-state index in [2.05, 4.69) is 72.6 Å². The molecule has 0 bridgehead atoms. The maximum Gasteiger partial charge on any atom is 0.262 e. The summed E-state index contributed by atoms with van der Waals surface area (Å²) in [5.74, 6) is 0.108. The lowest BCUT2D eigenvalue weighted by Gasteiger charge is -2.49. The SMILES string of the molecule is COc1cc(C2C3=C(CC(C)(C)CC3=O)N(Cc3ccccc3)C3=C2C(=O)CC(C)(C)C3)cc(I)c1OCC(=O)Nc1ccc(C)c(Cl)c1. The van der Waals surface area contributed by atoms with Crippen LogP contribution in [0.5, 0.6) is 11.5 Å². The summed E-state index contributed by atoms with van der Waals surface area (Å²) in [6.45, 7) is 10.8. The van der Waals surface area contributed by atoms with Crippen LogP contribution in [0.4, 0.5) is 5.69 Å². The summed E-state index contributed by atoms with van der Waals surface area (Å²) in [7, 11) is 1.55. The van der Waals surface area contributed by atoms with Gasteiger partial charge >= 0.3 is 0 Å².